The number of para-hydroxylation sites is 2. The molecule has 1 saturated carbocycles. The molecule has 3 heteroatoms. The molecule has 226 valence electrons. The molecule has 2 heterocycles. The highest BCUT2D eigenvalue weighted by atomic mass is 16.3. The van der Waals surface area contributed by atoms with Crippen molar-refractivity contribution in [1.82, 2.24) is 0 Å². The lowest BCUT2D eigenvalue weighted by Crippen LogP contribution is -2.10. The third-order valence-corrected chi connectivity index (χ3v) is 10.4. The number of rotatable bonds is 4. The van der Waals surface area contributed by atoms with Gasteiger partial charge in [0.15, 0.2) is 0 Å². The fourth-order valence-electron chi connectivity index (χ4n) is 8.25. The first-order valence-corrected chi connectivity index (χ1v) is 16.9. The molecule has 1 aliphatic rings. The lowest BCUT2D eigenvalue weighted by molar-refractivity contribution is 0.442. The van der Waals surface area contributed by atoms with Gasteiger partial charge in [-0.2, -0.15) is 0 Å². The van der Waals surface area contributed by atoms with Crippen LogP contribution in [0, 0.1) is 0 Å². The van der Waals surface area contributed by atoms with Crippen LogP contribution < -0.4 is 4.90 Å². The quantitative estimate of drug-likeness (QED) is 0.199. The third kappa shape index (κ3) is 4.12. The van der Waals surface area contributed by atoms with Gasteiger partial charge in [-0.25, -0.2) is 0 Å². The molecule has 1 fully saturated rings. The Morgan fingerprint density at radius 3 is 2.09 bits per heavy atom. The molecule has 0 spiro atoms. The van der Waals surface area contributed by atoms with Gasteiger partial charge in [-0.05, 0) is 70.8 Å². The van der Waals surface area contributed by atoms with Crippen LogP contribution in [0.1, 0.15) is 43.6 Å². The summed E-state index contributed by atoms with van der Waals surface area (Å²) in [7, 11) is 0. The summed E-state index contributed by atoms with van der Waals surface area (Å²) >= 11 is 0. The fourth-order valence-corrected chi connectivity index (χ4v) is 8.25. The number of hydrogen-bond donors (Lipinski definition) is 0. The Hall–Kier alpha value is -5.54. The molecule has 0 radical (unpaired) electrons. The topological polar surface area (TPSA) is 29.5 Å². The zero-order chi connectivity index (χ0) is 30.9. The van der Waals surface area contributed by atoms with E-state index >= 15 is 0 Å². The highest BCUT2D eigenvalue weighted by Crippen LogP contribution is 2.47. The van der Waals surface area contributed by atoms with Crippen molar-refractivity contribution in [3.63, 3.8) is 0 Å². The van der Waals surface area contributed by atoms with Crippen LogP contribution in [0.3, 0.4) is 0 Å². The number of hydrogen-bond acceptors (Lipinski definition) is 3. The lowest BCUT2D eigenvalue weighted by atomic mass is 9.83. The minimum Gasteiger partial charge on any atom is -0.456 e. The molecule has 1 aliphatic carbocycles. The van der Waals surface area contributed by atoms with Gasteiger partial charge in [0.1, 0.15) is 22.3 Å². The number of benzene rings is 7. The largest absolute Gasteiger partial charge is 0.456 e. The first-order chi connectivity index (χ1) is 23.3. The molecule has 0 amide bonds. The Labute approximate surface area is 272 Å². The standard InChI is InChI=1S/C44H33NO2/c1-3-12-28(13-4-1)33-20-11-21-37-35-24-23-31(26-40(35)47-44(33)37)45(30-15-5-2-6-16-30)38-27-41-43(36-19-10-9-18-34(36)38)42-32-17-8-7-14-29(32)22-25-39(42)46-41/h2,5-11,14-28H,1,3-4,12-13H2. The highest BCUT2D eigenvalue weighted by Gasteiger charge is 2.24. The van der Waals surface area contributed by atoms with Crippen molar-refractivity contribution in [2.45, 2.75) is 38.0 Å². The maximum atomic E-state index is 6.79. The van der Waals surface area contributed by atoms with E-state index in [2.05, 4.69) is 138 Å². The van der Waals surface area contributed by atoms with Crippen LogP contribution in [0.2, 0.25) is 0 Å². The summed E-state index contributed by atoms with van der Waals surface area (Å²) in [5.74, 6) is 0.576. The molecule has 10 rings (SSSR count). The van der Waals surface area contributed by atoms with Crippen LogP contribution in [-0.4, -0.2) is 0 Å². The number of fused-ring (bicyclic) bond motifs is 10. The van der Waals surface area contributed by atoms with E-state index in [4.69, 9.17) is 8.83 Å². The van der Waals surface area contributed by atoms with Crippen LogP contribution >= 0.6 is 0 Å². The Morgan fingerprint density at radius 1 is 0.468 bits per heavy atom. The molecular weight excluding hydrogens is 574 g/mol. The van der Waals surface area contributed by atoms with E-state index in [0.717, 1.165) is 44.8 Å². The molecule has 0 atom stereocenters. The zero-order valence-corrected chi connectivity index (χ0v) is 26.1. The summed E-state index contributed by atoms with van der Waals surface area (Å²) < 4.78 is 13.5. The number of nitrogens with zero attached hydrogens (tertiary/aromatic N) is 1. The van der Waals surface area contributed by atoms with Crippen LogP contribution in [0.5, 0.6) is 0 Å². The smallest absolute Gasteiger partial charge is 0.138 e. The van der Waals surface area contributed by atoms with E-state index in [9.17, 15) is 0 Å². The SMILES string of the molecule is c1ccc(N(c2ccc3c(c2)oc2c(C4CCCCC4)cccc23)c2cc3oc4ccc5ccccc5c4c3c3ccccc23)cc1. The predicted molar refractivity (Wildman–Crippen MR) is 197 cm³/mol. The molecule has 0 bridgehead atoms. The molecule has 7 aromatic carbocycles. The Morgan fingerprint density at radius 2 is 1.21 bits per heavy atom. The summed E-state index contributed by atoms with van der Waals surface area (Å²) in [5, 5.41) is 9.48. The molecule has 9 aromatic rings. The number of anilines is 3. The molecule has 0 N–H and O–H groups in total. The van der Waals surface area contributed by atoms with Crippen molar-refractivity contribution in [2.75, 3.05) is 4.90 Å². The molecule has 0 saturated heterocycles. The average Bonchev–Trinajstić information content (AvgIpc) is 3.71. The summed E-state index contributed by atoms with van der Waals surface area (Å²) in [5.41, 5.74) is 8.33. The van der Waals surface area contributed by atoms with Gasteiger partial charge in [-0.3, -0.25) is 0 Å². The monoisotopic (exact) mass is 607 g/mol. The van der Waals surface area contributed by atoms with Crippen LogP contribution in [-0.2, 0) is 0 Å². The van der Waals surface area contributed by atoms with Crippen molar-refractivity contribution in [3.05, 3.63) is 139 Å². The van der Waals surface area contributed by atoms with E-state index in [-0.39, 0.29) is 0 Å². The van der Waals surface area contributed by atoms with E-state index in [1.165, 1.54) is 75.4 Å². The van der Waals surface area contributed by atoms with Crippen LogP contribution in [0.4, 0.5) is 17.1 Å². The number of furan rings is 2. The van der Waals surface area contributed by atoms with Gasteiger partial charge in [-0.15, -0.1) is 0 Å². The molecule has 47 heavy (non-hydrogen) atoms. The first-order valence-electron chi connectivity index (χ1n) is 16.9. The minimum absolute atomic E-state index is 0.576. The van der Waals surface area contributed by atoms with E-state index in [1.807, 2.05) is 0 Å². The van der Waals surface area contributed by atoms with Crippen molar-refractivity contribution in [3.8, 4) is 0 Å². The molecular formula is C44H33NO2. The van der Waals surface area contributed by atoms with E-state index < -0.39 is 0 Å². The maximum absolute atomic E-state index is 6.79. The molecule has 0 unspecified atom stereocenters. The Balaban J connectivity index is 1.22. The second-order valence-corrected chi connectivity index (χ2v) is 13.1. The molecule has 3 nitrogen and oxygen atoms in total. The second kappa shape index (κ2) is 10.5. The van der Waals surface area contributed by atoms with E-state index in [1.54, 1.807) is 0 Å². The van der Waals surface area contributed by atoms with Crippen molar-refractivity contribution < 1.29 is 8.83 Å². The van der Waals surface area contributed by atoms with Gasteiger partial charge in [0, 0.05) is 50.4 Å². The Kier molecular flexibility index (Phi) is 5.95. The van der Waals surface area contributed by atoms with Gasteiger partial charge in [-0.1, -0.05) is 110 Å². The summed E-state index contributed by atoms with van der Waals surface area (Å²) in [6, 6.07) is 47.9. The van der Waals surface area contributed by atoms with Gasteiger partial charge < -0.3 is 13.7 Å². The zero-order valence-electron chi connectivity index (χ0n) is 26.1. The van der Waals surface area contributed by atoms with Gasteiger partial charge in [0.2, 0.25) is 0 Å². The third-order valence-electron chi connectivity index (χ3n) is 10.4. The van der Waals surface area contributed by atoms with Crippen molar-refractivity contribution in [2.24, 2.45) is 0 Å². The highest BCUT2D eigenvalue weighted by molar-refractivity contribution is 6.28. The van der Waals surface area contributed by atoms with Crippen molar-refractivity contribution in [1.29, 1.82) is 0 Å². The average molecular weight is 608 g/mol. The summed E-state index contributed by atoms with van der Waals surface area (Å²) in [6.45, 7) is 0. The fraction of sp³-hybridized carbons (Fsp3) is 0.136. The van der Waals surface area contributed by atoms with Gasteiger partial charge in [0.25, 0.3) is 0 Å². The maximum Gasteiger partial charge on any atom is 0.138 e. The van der Waals surface area contributed by atoms with Crippen LogP contribution in [0.25, 0.3) is 65.4 Å². The summed E-state index contributed by atoms with van der Waals surface area (Å²) in [6.07, 6.45) is 6.44. The normalized spacial score (nSPS) is 14.3. The van der Waals surface area contributed by atoms with Crippen LogP contribution in [0.15, 0.2) is 142 Å². The lowest BCUT2D eigenvalue weighted by Gasteiger charge is -2.27. The predicted octanol–water partition coefficient (Wildman–Crippen LogP) is 13.3. The summed E-state index contributed by atoms with van der Waals surface area (Å²) in [4.78, 5) is 2.35. The molecule has 2 aromatic heterocycles. The Bertz CT molecular complexity index is 2620. The van der Waals surface area contributed by atoms with Crippen molar-refractivity contribution >= 4 is 82.5 Å². The van der Waals surface area contributed by atoms with Gasteiger partial charge >= 0.3 is 0 Å². The van der Waals surface area contributed by atoms with Gasteiger partial charge in [0.05, 0.1) is 5.69 Å². The molecule has 0 aliphatic heterocycles. The second-order valence-electron chi connectivity index (χ2n) is 13.1. The minimum atomic E-state index is 0.576. The van der Waals surface area contributed by atoms with E-state index in [0.29, 0.717) is 5.92 Å². The first kappa shape index (κ1) is 26.7.